The van der Waals surface area contributed by atoms with Crippen molar-refractivity contribution in [3.63, 3.8) is 0 Å². The van der Waals surface area contributed by atoms with Gasteiger partial charge in [-0.15, -0.1) is 34.3 Å². The van der Waals surface area contributed by atoms with E-state index in [1.807, 2.05) is 0 Å². The summed E-state index contributed by atoms with van der Waals surface area (Å²) in [5.74, 6) is 2.43. The fourth-order valence-electron chi connectivity index (χ4n) is 1.03. The maximum atomic E-state index is 11.9. The van der Waals surface area contributed by atoms with Gasteiger partial charge in [0.1, 0.15) is 4.38 Å². The molecule has 0 aromatic heterocycles. The van der Waals surface area contributed by atoms with E-state index in [2.05, 4.69) is 10.3 Å². The number of thioether (sulfide) groups is 2. The Balaban J connectivity index is 3.14. The maximum absolute atomic E-state index is 11.9. The monoisotopic (exact) mass is 285 g/mol. The molecule has 0 aliphatic heterocycles. The van der Waals surface area contributed by atoms with Gasteiger partial charge in [-0.2, -0.15) is 8.42 Å². The second-order valence-corrected chi connectivity index (χ2v) is 6.36. The summed E-state index contributed by atoms with van der Waals surface area (Å²) in [7, 11) is -3.63. The average Bonchev–Trinajstić information content (AvgIpc) is 2.36. The fraction of sp³-hybridized carbons (Fsp3) is 0.182. The zero-order valence-corrected chi connectivity index (χ0v) is 11.8. The summed E-state index contributed by atoms with van der Waals surface area (Å²) in [6.07, 6.45) is 8.77. The van der Waals surface area contributed by atoms with E-state index >= 15 is 0 Å². The summed E-state index contributed by atoms with van der Waals surface area (Å²) in [5.41, 5.74) is 0.642. The van der Waals surface area contributed by atoms with Crippen LogP contribution in [0.15, 0.2) is 33.6 Å². The number of sulfonamides is 1. The van der Waals surface area contributed by atoms with Crippen molar-refractivity contribution in [1.82, 2.24) is 0 Å². The third-order valence-electron chi connectivity index (χ3n) is 1.86. The highest BCUT2D eigenvalue weighted by Gasteiger charge is 2.13. The summed E-state index contributed by atoms with van der Waals surface area (Å²) < 4.78 is 28.0. The molecule has 17 heavy (non-hydrogen) atoms. The van der Waals surface area contributed by atoms with Crippen LogP contribution in [0.5, 0.6) is 0 Å². The molecule has 0 spiro atoms. The Bertz CT molecular complexity index is 547. The molecule has 0 saturated heterocycles. The Morgan fingerprint density at radius 1 is 1.24 bits per heavy atom. The lowest BCUT2D eigenvalue weighted by Crippen LogP contribution is -1.99. The Hall–Kier alpha value is -0.900. The van der Waals surface area contributed by atoms with Crippen molar-refractivity contribution in [2.45, 2.75) is 4.90 Å². The van der Waals surface area contributed by atoms with Gasteiger partial charge in [-0.3, -0.25) is 0 Å². The van der Waals surface area contributed by atoms with Gasteiger partial charge in [0.25, 0.3) is 10.0 Å². The molecule has 0 amide bonds. The number of rotatable bonds is 2. The van der Waals surface area contributed by atoms with Crippen LogP contribution in [0.3, 0.4) is 0 Å². The Kier molecular flexibility index (Phi) is 5.12. The summed E-state index contributed by atoms with van der Waals surface area (Å²) in [5, 5.41) is 0. The molecule has 90 valence electrons. The highest BCUT2D eigenvalue weighted by molar-refractivity contribution is 8.38. The highest BCUT2D eigenvalue weighted by Crippen LogP contribution is 2.18. The Morgan fingerprint density at radius 2 is 1.76 bits per heavy atom. The molecule has 0 fully saturated rings. The first-order chi connectivity index (χ1) is 8.03. The van der Waals surface area contributed by atoms with E-state index < -0.39 is 10.0 Å². The zero-order chi connectivity index (χ0) is 12.9. The number of hydrogen-bond donors (Lipinski definition) is 0. The smallest absolute Gasteiger partial charge is 0.199 e. The standard InChI is InChI=1S/C11H11NO2S3/c1-4-9-5-7-10(8-6-9)17(13,14)12-11(15-2)16-3/h1,5-8H,2-3H3. The van der Waals surface area contributed by atoms with Gasteiger partial charge < -0.3 is 0 Å². The van der Waals surface area contributed by atoms with Crippen LogP contribution in [0.25, 0.3) is 0 Å². The first-order valence-electron chi connectivity index (χ1n) is 4.53. The van der Waals surface area contributed by atoms with Crippen LogP contribution in [-0.4, -0.2) is 25.3 Å². The largest absolute Gasteiger partial charge is 0.283 e. The topological polar surface area (TPSA) is 46.5 Å². The van der Waals surface area contributed by atoms with E-state index in [4.69, 9.17) is 6.42 Å². The number of nitrogens with zero attached hydrogens (tertiary/aromatic N) is 1. The lowest BCUT2D eigenvalue weighted by atomic mass is 10.2. The van der Waals surface area contributed by atoms with Crippen molar-refractivity contribution in [2.75, 3.05) is 12.5 Å². The molecule has 1 aromatic carbocycles. The first-order valence-corrected chi connectivity index (χ1v) is 8.42. The number of terminal acetylenes is 1. The predicted octanol–water partition coefficient (Wildman–Crippen LogP) is 2.44. The molecule has 0 saturated carbocycles. The number of hydrogen-bond acceptors (Lipinski definition) is 4. The highest BCUT2D eigenvalue weighted by atomic mass is 32.2. The summed E-state index contributed by atoms with van der Waals surface area (Å²) in [6, 6.07) is 6.10. The molecule has 3 nitrogen and oxygen atoms in total. The fourth-order valence-corrected chi connectivity index (χ4v) is 3.67. The lowest BCUT2D eigenvalue weighted by Gasteiger charge is -2.01. The summed E-state index contributed by atoms with van der Waals surface area (Å²) in [4.78, 5) is 0.150. The van der Waals surface area contributed by atoms with E-state index in [1.165, 1.54) is 35.7 Å². The summed E-state index contributed by atoms with van der Waals surface area (Å²) >= 11 is 2.60. The van der Waals surface area contributed by atoms with Crippen LogP contribution in [-0.2, 0) is 10.0 Å². The molecule has 6 heteroatoms. The van der Waals surface area contributed by atoms with Gasteiger partial charge >= 0.3 is 0 Å². The van der Waals surface area contributed by atoms with E-state index in [9.17, 15) is 8.42 Å². The zero-order valence-electron chi connectivity index (χ0n) is 9.38. The van der Waals surface area contributed by atoms with Crippen LogP contribution in [0.1, 0.15) is 5.56 Å². The van der Waals surface area contributed by atoms with Crippen LogP contribution in [0.2, 0.25) is 0 Å². The van der Waals surface area contributed by atoms with Gasteiger partial charge in [-0.1, -0.05) is 5.92 Å². The molecule has 0 bridgehead atoms. The molecular formula is C11H11NO2S3. The molecule has 0 unspecified atom stereocenters. The van der Waals surface area contributed by atoms with Crippen LogP contribution >= 0.6 is 23.5 Å². The van der Waals surface area contributed by atoms with E-state index in [1.54, 1.807) is 24.6 Å². The van der Waals surface area contributed by atoms with Gasteiger partial charge in [-0.05, 0) is 36.8 Å². The maximum Gasteiger partial charge on any atom is 0.283 e. The molecule has 0 N–H and O–H groups in total. The van der Waals surface area contributed by atoms with Gasteiger partial charge in [0.05, 0.1) is 4.90 Å². The Labute approximate surface area is 110 Å². The quantitative estimate of drug-likeness (QED) is 0.476. The average molecular weight is 285 g/mol. The van der Waals surface area contributed by atoms with Crippen molar-refractivity contribution >= 4 is 37.9 Å². The molecule has 0 aliphatic rings. The van der Waals surface area contributed by atoms with E-state index in [0.717, 1.165) is 0 Å². The normalized spacial score (nSPS) is 10.6. The van der Waals surface area contributed by atoms with Crippen molar-refractivity contribution in [3.05, 3.63) is 29.8 Å². The molecule has 0 heterocycles. The third kappa shape index (κ3) is 3.80. The SMILES string of the molecule is C#Cc1ccc(S(=O)(=O)N=C(SC)SC)cc1. The van der Waals surface area contributed by atoms with Gasteiger partial charge in [0.15, 0.2) is 0 Å². The van der Waals surface area contributed by atoms with Crippen LogP contribution in [0, 0.1) is 12.3 Å². The lowest BCUT2D eigenvalue weighted by molar-refractivity contribution is 0.598. The molecule has 1 aromatic rings. The second-order valence-electron chi connectivity index (χ2n) is 2.91. The summed E-state index contributed by atoms with van der Waals surface area (Å²) in [6.45, 7) is 0. The second kappa shape index (κ2) is 6.15. The van der Waals surface area contributed by atoms with Crippen molar-refractivity contribution in [1.29, 1.82) is 0 Å². The Morgan fingerprint density at radius 3 is 2.18 bits per heavy atom. The van der Waals surface area contributed by atoms with Crippen LogP contribution in [0.4, 0.5) is 0 Å². The molecule has 0 radical (unpaired) electrons. The van der Waals surface area contributed by atoms with Gasteiger partial charge in [0, 0.05) is 5.56 Å². The van der Waals surface area contributed by atoms with Crippen molar-refractivity contribution in [2.24, 2.45) is 4.40 Å². The van der Waals surface area contributed by atoms with Gasteiger partial charge in [-0.25, -0.2) is 0 Å². The van der Waals surface area contributed by atoms with Gasteiger partial charge in [0.2, 0.25) is 0 Å². The molecule has 0 aliphatic carbocycles. The minimum Gasteiger partial charge on any atom is -0.199 e. The van der Waals surface area contributed by atoms with Crippen LogP contribution < -0.4 is 0 Å². The minimum absolute atomic E-state index is 0.150. The third-order valence-corrected chi connectivity index (χ3v) is 5.27. The van der Waals surface area contributed by atoms with Crippen molar-refractivity contribution in [3.8, 4) is 12.3 Å². The molecule has 0 atom stereocenters. The first kappa shape index (κ1) is 14.2. The molecular weight excluding hydrogens is 274 g/mol. The van der Waals surface area contributed by atoms with E-state index in [-0.39, 0.29) is 4.90 Å². The number of benzene rings is 1. The molecule has 1 rings (SSSR count). The van der Waals surface area contributed by atoms with Crippen molar-refractivity contribution < 1.29 is 8.42 Å². The van der Waals surface area contributed by atoms with E-state index in [0.29, 0.717) is 9.94 Å². The predicted molar refractivity (Wildman–Crippen MR) is 76.0 cm³/mol. The minimum atomic E-state index is -3.63.